The molecule has 1 atom stereocenters. The number of sulfonamides is 1. The molecule has 2 N–H and O–H groups in total. The zero-order chi connectivity index (χ0) is 21.0. The van der Waals surface area contributed by atoms with Crippen molar-refractivity contribution in [3.05, 3.63) is 42.0 Å². The van der Waals surface area contributed by atoms with E-state index in [0.29, 0.717) is 11.4 Å². The number of alkyl halides is 2. The summed E-state index contributed by atoms with van der Waals surface area (Å²) in [7, 11) is -2.51. The van der Waals surface area contributed by atoms with Crippen LogP contribution in [0.15, 0.2) is 41.3 Å². The third-order valence-corrected chi connectivity index (χ3v) is 6.20. The van der Waals surface area contributed by atoms with Crippen LogP contribution in [0.3, 0.4) is 0 Å². The quantitative estimate of drug-likeness (QED) is 0.708. The lowest BCUT2D eigenvalue weighted by atomic mass is 10.0. The first-order chi connectivity index (χ1) is 13.8. The van der Waals surface area contributed by atoms with Gasteiger partial charge in [0.1, 0.15) is 11.5 Å². The smallest absolute Gasteiger partial charge is 0.262 e. The summed E-state index contributed by atoms with van der Waals surface area (Å²) in [6.45, 7) is 4.68. The molecule has 2 heterocycles. The third-order valence-electron chi connectivity index (χ3n) is 4.82. The summed E-state index contributed by atoms with van der Waals surface area (Å²) in [5.41, 5.74) is 0.579. The Bertz CT molecular complexity index is 933. The van der Waals surface area contributed by atoms with Crippen molar-refractivity contribution in [1.29, 1.82) is 0 Å². The van der Waals surface area contributed by atoms with Gasteiger partial charge in [0.15, 0.2) is 0 Å². The molecular weight excluding hydrogens is 402 g/mol. The van der Waals surface area contributed by atoms with E-state index in [1.807, 2.05) is 0 Å². The van der Waals surface area contributed by atoms with Crippen molar-refractivity contribution < 1.29 is 21.9 Å². The Morgan fingerprint density at radius 1 is 1.14 bits per heavy atom. The summed E-state index contributed by atoms with van der Waals surface area (Å²) in [6.07, 6.45) is -2.51. The molecular formula is C19H24F2N4O3S. The average molecular weight is 426 g/mol. The summed E-state index contributed by atoms with van der Waals surface area (Å²) in [5.74, 6) is -0.106. The lowest BCUT2D eigenvalue weighted by Gasteiger charge is -2.28. The Balaban J connectivity index is 1.80. The minimum Gasteiger partial charge on any atom is -0.479 e. The molecule has 0 aliphatic carbocycles. The summed E-state index contributed by atoms with van der Waals surface area (Å²) in [5, 5.41) is 3.26. The highest BCUT2D eigenvalue weighted by Gasteiger charge is 2.21. The zero-order valence-electron chi connectivity index (χ0n) is 16.2. The fraction of sp³-hybridized carbons (Fsp3) is 0.421. The Morgan fingerprint density at radius 3 is 2.38 bits per heavy atom. The van der Waals surface area contributed by atoms with Crippen LogP contribution < -0.4 is 19.7 Å². The lowest BCUT2D eigenvalue weighted by Crippen LogP contribution is -2.43. The molecule has 1 aliphatic rings. The molecule has 1 fully saturated rings. The van der Waals surface area contributed by atoms with Crippen LogP contribution in [0.5, 0.6) is 5.88 Å². The number of nitrogens with zero attached hydrogens (tertiary/aromatic N) is 2. The van der Waals surface area contributed by atoms with Crippen LogP contribution in [0.1, 0.15) is 18.4 Å². The average Bonchev–Trinajstić information content (AvgIpc) is 2.74. The first-order valence-electron chi connectivity index (χ1n) is 9.23. The number of benzene rings is 1. The number of pyridine rings is 1. The second kappa shape index (κ2) is 8.91. The highest BCUT2D eigenvalue weighted by molar-refractivity contribution is 7.92. The van der Waals surface area contributed by atoms with E-state index in [9.17, 15) is 17.2 Å². The third kappa shape index (κ3) is 4.94. The van der Waals surface area contributed by atoms with Gasteiger partial charge in [-0.1, -0.05) is 19.1 Å². The molecule has 0 bridgehead atoms. The molecule has 1 unspecified atom stereocenters. The maximum atomic E-state index is 12.8. The van der Waals surface area contributed by atoms with E-state index in [1.54, 1.807) is 12.1 Å². The number of aromatic nitrogens is 1. The number of nitrogens with one attached hydrogen (secondary N) is 2. The van der Waals surface area contributed by atoms with Crippen LogP contribution in [0.2, 0.25) is 0 Å². The summed E-state index contributed by atoms with van der Waals surface area (Å²) in [6, 6.07) is 8.76. The number of methoxy groups -OCH3 is 1. The molecule has 1 saturated heterocycles. The molecule has 0 radical (unpaired) electrons. The highest BCUT2D eigenvalue weighted by Crippen LogP contribution is 2.29. The molecule has 10 heteroatoms. The molecule has 7 nitrogen and oxygen atoms in total. The van der Waals surface area contributed by atoms with E-state index in [4.69, 9.17) is 4.74 Å². The van der Waals surface area contributed by atoms with Gasteiger partial charge in [-0.25, -0.2) is 17.2 Å². The van der Waals surface area contributed by atoms with Gasteiger partial charge >= 0.3 is 0 Å². The van der Waals surface area contributed by atoms with Crippen LogP contribution in [0, 0.1) is 0 Å². The molecule has 3 rings (SSSR count). The van der Waals surface area contributed by atoms with Crippen LogP contribution in [0.4, 0.5) is 20.3 Å². The minimum atomic E-state index is -3.93. The van der Waals surface area contributed by atoms with Crippen molar-refractivity contribution >= 4 is 21.5 Å². The molecule has 1 aromatic carbocycles. The van der Waals surface area contributed by atoms with Crippen molar-refractivity contribution in [2.75, 3.05) is 42.9 Å². The normalized spacial score (nSPS) is 16.0. The first-order valence-corrected chi connectivity index (χ1v) is 10.7. The fourth-order valence-electron chi connectivity index (χ4n) is 3.03. The minimum absolute atomic E-state index is 0.0315. The van der Waals surface area contributed by atoms with Gasteiger partial charge in [-0.3, -0.25) is 4.72 Å². The van der Waals surface area contributed by atoms with Crippen molar-refractivity contribution in [3.63, 3.8) is 0 Å². The summed E-state index contributed by atoms with van der Waals surface area (Å²) >= 11 is 0. The number of halogens is 2. The maximum Gasteiger partial charge on any atom is 0.262 e. The molecule has 0 amide bonds. The number of hydrogen-bond acceptors (Lipinski definition) is 6. The number of rotatable bonds is 7. The van der Waals surface area contributed by atoms with Gasteiger partial charge in [0, 0.05) is 32.1 Å². The number of piperazine rings is 1. The van der Waals surface area contributed by atoms with E-state index in [1.165, 1.54) is 38.3 Å². The highest BCUT2D eigenvalue weighted by atomic mass is 32.2. The molecule has 2 aromatic rings. The van der Waals surface area contributed by atoms with E-state index >= 15 is 0 Å². The van der Waals surface area contributed by atoms with Crippen LogP contribution >= 0.6 is 0 Å². The number of hydrogen-bond donors (Lipinski definition) is 2. The zero-order valence-corrected chi connectivity index (χ0v) is 17.0. The van der Waals surface area contributed by atoms with E-state index in [0.717, 1.165) is 26.2 Å². The Morgan fingerprint density at radius 2 is 1.79 bits per heavy atom. The molecule has 158 valence electrons. The molecule has 29 heavy (non-hydrogen) atoms. The van der Waals surface area contributed by atoms with Crippen LogP contribution in [-0.4, -0.2) is 53.1 Å². The largest absolute Gasteiger partial charge is 0.479 e. The molecule has 0 spiro atoms. The first kappa shape index (κ1) is 21.3. The van der Waals surface area contributed by atoms with Gasteiger partial charge in [0.25, 0.3) is 10.0 Å². The van der Waals surface area contributed by atoms with Crippen molar-refractivity contribution in [2.45, 2.75) is 24.2 Å². The van der Waals surface area contributed by atoms with Gasteiger partial charge in [0.05, 0.1) is 12.0 Å². The fourth-order valence-corrected chi connectivity index (χ4v) is 4.09. The maximum absolute atomic E-state index is 12.8. The van der Waals surface area contributed by atoms with Gasteiger partial charge < -0.3 is 15.0 Å². The molecule has 1 aromatic heterocycles. The second-order valence-electron chi connectivity index (χ2n) is 6.76. The van der Waals surface area contributed by atoms with Gasteiger partial charge in [-0.2, -0.15) is 4.98 Å². The SMILES string of the molecule is COc1nc(N2CCNCC2)ccc1NS(=O)(=O)c1ccc(C(C)C(F)F)cc1. The number of anilines is 2. The van der Waals surface area contributed by atoms with Crippen molar-refractivity contribution in [1.82, 2.24) is 10.3 Å². The van der Waals surface area contributed by atoms with E-state index in [2.05, 4.69) is 19.9 Å². The second-order valence-corrected chi connectivity index (χ2v) is 8.44. The standard InChI is InChI=1S/C19H24F2N4O3S/c1-13(18(20)21)14-3-5-15(6-4-14)29(26,27)24-16-7-8-17(23-19(16)28-2)25-11-9-22-10-12-25/h3-8,13,18,22,24H,9-12H2,1-2H3. The molecule has 0 saturated carbocycles. The monoisotopic (exact) mass is 426 g/mol. The number of ether oxygens (including phenoxy) is 1. The van der Waals surface area contributed by atoms with Crippen molar-refractivity contribution in [2.24, 2.45) is 0 Å². The predicted octanol–water partition coefficient (Wildman–Crippen LogP) is 2.67. The summed E-state index contributed by atoms with van der Waals surface area (Å²) < 4.78 is 58.8. The van der Waals surface area contributed by atoms with Crippen LogP contribution in [0.25, 0.3) is 0 Å². The van der Waals surface area contributed by atoms with Gasteiger partial charge in [0.2, 0.25) is 12.3 Å². The van der Waals surface area contributed by atoms with E-state index < -0.39 is 22.4 Å². The van der Waals surface area contributed by atoms with Gasteiger partial charge in [-0.15, -0.1) is 0 Å². The molecule has 1 aliphatic heterocycles. The lowest BCUT2D eigenvalue weighted by molar-refractivity contribution is 0.121. The van der Waals surface area contributed by atoms with Crippen molar-refractivity contribution in [3.8, 4) is 5.88 Å². The van der Waals surface area contributed by atoms with Crippen LogP contribution in [-0.2, 0) is 10.0 Å². The Kier molecular flexibility index (Phi) is 6.53. The predicted molar refractivity (Wildman–Crippen MR) is 108 cm³/mol. The topological polar surface area (TPSA) is 83.6 Å². The summed E-state index contributed by atoms with van der Waals surface area (Å²) in [4.78, 5) is 6.47. The van der Waals surface area contributed by atoms with Gasteiger partial charge in [-0.05, 0) is 29.8 Å². The Labute approximate surface area is 169 Å². The Hall–Kier alpha value is -2.46. The van der Waals surface area contributed by atoms with E-state index in [-0.39, 0.29) is 16.5 Å².